The van der Waals surface area contributed by atoms with Crippen molar-refractivity contribution in [1.82, 2.24) is 0 Å². The molecule has 0 radical (unpaired) electrons. The molecule has 0 aromatic heterocycles. The average molecular weight is 526 g/mol. The van der Waals surface area contributed by atoms with Gasteiger partial charge in [0.2, 0.25) is 10.4 Å². The molecule has 2 N–H and O–H groups in total. The standard InChI is InChI=1S/C29H34NO2.H2O4S/c31-29(26-12-6-2-7-13-26,27-14-8-3-9-15-27)28-16-19-30(20-17-28,21-18-28)22-23-32-24-25-10-4-1-5-11-25;1-5(2,3)4/h1-15,31H,16-24H2;(H2,1,2,3,4)/q+1;/p-1. The molecule has 6 rings (SSSR count). The maximum Gasteiger partial charge on any atom is 0.215 e. The Bertz CT molecular complexity index is 1160. The van der Waals surface area contributed by atoms with Crippen LogP contribution in [-0.4, -0.2) is 59.9 Å². The molecule has 7 nitrogen and oxygen atoms in total. The first-order valence-electron chi connectivity index (χ1n) is 12.6. The molecule has 8 heteroatoms. The summed E-state index contributed by atoms with van der Waals surface area (Å²) in [6.45, 7) is 5.91. The monoisotopic (exact) mass is 525 g/mol. The summed E-state index contributed by atoms with van der Waals surface area (Å²) in [7, 11) is -4.92. The van der Waals surface area contributed by atoms with Gasteiger partial charge in [-0.25, -0.2) is 8.42 Å². The number of aliphatic hydroxyl groups is 1. The molecule has 0 atom stereocenters. The lowest BCUT2D eigenvalue weighted by atomic mass is 9.56. The third-order valence-corrected chi connectivity index (χ3v) is 8.17. The summed E-state index contributed by atoms with van der Waals surface area (Å²) in [6.07, 6.45) is 3.14. The van der Waals surface area contributed by atoms with E-state index >= 15 is 0 Å². The Balaban J connectivity index is 0.000000586. The first kappa shape index (κ1) is 27.4. The minimum atomic E-state index is -4.92. The molecule has 198 valence electrons. The van der Waals surface area contributed by atoms with Crippen molar-refractivity contribution in [1.29, 1.82) is 0 Å². The second kappa shape index (κ2) is 11.4. The maximum absolute atomic E-state index is 12.4. The lowest BCUT2D eigenvalue weighted by molar-refractivity contribution is -0.946. The van der Waals surface area contributed by atoms with Crippen LogP contribution in [0.3, 0.4) is 0 Å². The van der Waals surface area contributed by atoms with E-state index in [2.05, 4.69) is 72.8 Å². The van der Waals surface area contributed by atoms with E-state index in [1.807, 2.05) is 18.2 Å². The van der Waals surface area contributed by atoms with Crippen molar-refractivity contribution < 1.29 is 31.8 Å². The topological polar surface area (TPSA) is 107 Å². The zero-order valence-corrected chi connectivity index (χ0v) is 21.7. The molecule has 3 heterocycles. The molecular weight excluding hydrogens is 490 g/mol. The van der Waals surface area contributed by atoms with E-state index in [-0.39, 0.29) is 5.41 Å². The fourth-order valence-electron chi connectivity index (χ4n) is 6.10. The summed E-state index contributed by atoms with van der Waals surface area (Å²) in [4.78, 5) is 0. The zero-order valence-electron chi connectivity index (χ0n) is 20.9. The Labute approximate surface area is 219 Å². The van der Waals surface area contributed by atoms with Crippen LogP contribution < -0.4 is 0 Å². The SMILES string of the molecule is O=S(=O)([O-])O.OC(c1ccccc1)(c1ccccc1)C12CC[N+](CCOCc3ccccc3)(CC1)CC2. The zero-order chi connectivity index (χ0) is 26.4. The summed E-state index contributed by atoms with van der Waals surface area (Å²) in [5, 5.41) is 12.4. The van der Waals surface area contributed by atoms with Crippen LogP contribution in [0.15, 0.2) is 91.0 Å². The number of piperidine rings is 3. The molecule has 3 aliphatic rings. The highest BCUT2D eigenvalue weighted by Gasteiger charge is 2.60. The third-order valence-electron chi connectivity index (χ3n) is 8.17. The highest BCUT2D eigenvalue weighted by molar-refractivity contribution is 7.79. The number of hydrogen-bond acceptors (Lipinski definition) is 5. The highest BCUT2D eigenvalue weighted by atomic mass is 32.3. The van der Waals surface area contributed by atoms with Gasteiger partial charge in [0.05, 0.1) is 32.8 Å². The lowest BCUT2D eigenvalue weighted by Gasteiger charge is -2.60. The highest BCUT2D eigenvalue weighted by Crippen LogP contribution is 2.57. The number of nitrogens with zero attached hydrogens (tertiary/aromatic N) is 1. The molecule has 2 bridgehead atoms. The molecule has 0 amide bonds. The van der Waals surface area contributed by atoms with E-state index in [4.69, 9.17) is 22.3 Å². The Hall–Kier alpha value is -2.59. The van der Waals surface area contributed by atoms with Crippen molar-refractivity contribution in [2.45, 2.75) is 31.5 Å². The molecule has 3 aromatic carbocycles. The second-order valence-electron chi connectivity index (χ2n) is 10.2. The minimum absolute atomic E-state index is 0.111. The Kier molecular flexibility index (Phi) is 8.48. The first-order chi connectivity index (χ1) is 17.7. The molecule has 0 saturated carbocycles. The predicted molar refractivity (Wildman–Crippen MR) is 140 cm³/mol. The summed E-state index contributed by atoms with van der Waals surface area (Å²) < 4.78 is 40.0. The number of hydrogen-bond donors (Lipinski definition) is 2. The number of quaternary nitrogens is 1. The Morgan fingerprint density at radius 3 is 1.65 bits per heavy atom. The van der Waals surface area contributed by atoms with Gasteiger partial charge in [-0.15, -0.1) is 0 Å². The van der Waals surface area contributed by atoms with Crippen molar-refractivity contribution in [2.75, 3.05) is 32.8 Å². The molecule has 37 heavy (non-hydrogen) atoms. The van der Waals surface area contributed by atoms with Crippen molar-refractivity contribution in [3.63, 3.8) is 0 Å². The number of fused-ring (bicyclic) bond motifs is 3. The van der Waals surface area contributed by atoms with E-state index in [9.17, 15) is 5.11 Å². The van der Waals surface area contributed by atoms with Crippen LogP contribution in [0, 0.1) is 5.41 Å². The van der Waals surface area contributed by atoms with Crippen LogP contribution in [0.25, 0.3) is 0 Å². The van der Waals surface area contributed by atoms with E-state index in [0.717, 1.165) is 67.7 Å². The van der Waals surface area contributed by atoms with Gasteiger partial charge in [0, 0.05) is 24.7 Å². The van der Waals surface area contributed by atoms with E-state index in [0.29, 0.717) is 6.61 Å². The number of rotatable bonds is 8. The first-order valence-corrected chi connectivity index (χ1v) is 14.0. The number of benzene rings is 3. The van der Waals surface area contributed by atoms with Gasteiger partial charge in [-0.1, -0.05) is 91.0 Å². The van der Waals surface area contributed by atoms with Gasteiger partial charge in [-0.05, 0) is 16.7 Å². The third kappa shape index (κ3) is 6.46. The summed E-state index contributed by atoms with van der Waals surface area (Å²) in [6, 6.07) is 31.1. The van der Waals surface area contributed by atoms with Gasteiger partial charge in [0.15, 0.2) is 0 Å². The van der Waals surface area contributed by atoms with E-state index in [1.165, 1.54) is 5.56 Å². The second-order valence-corrected chi connectivity index (χ2v) is 11.0. The molecular formula is C29H35NO6S. The largest absolute Gasteiger partial charge is 0.726 e. The maximum atomic E-state index is 12.4. The van der Waals surface area contributed by atoms with Crippen LogP contribution in [0.1, 0.15) is 36.0 Å². The van der Waals surface area contributed by atoms with Crippen molar-refractivity contribution in [2.24, 2.45) is 5.41 Å². The van der Waals surface area contributed by atoms with Crippen LogP contribution in [-0.2, 0) is 27.3 Å². The van der Waals surface area contributed by atoms with Gasteiger partial charge < -0.3 is 18.9 Å². The molecule has 0 spiro atoms. The smallest absolute Gasteiger partial charge is 0.215 e. The number of ether oxygens (including phenoxy) is 1. The van der Waals surface area contributed by atoms with Crippen LogP contribution in [0.5, 0.6) is 0 Å². The van der Waals surface area contributed by atoms with E-state index in [1.54, 1.807) is 0 Å². The molecule has 0 aliphatic carbocycles. The molecule has 3 fully saturated rings. The van der Waals surface area contributed by atoms with Crippen molar-refractivity contribution >= 4 is 10.4 Å². The van der Waals surface area contributed by atoms with Crippen LogP contribution in [0.2, 0.25) is 0 Å². The van der Waals surface area contributed by atoms with Gasteiger partial charge in [0.1, 0.15) is 12.1 Å². The quantitative estimate of drug-likeness (QED) is 0.198. The minimum Gasteiger partial charge on any atom is -0.726 e. The van der Waals surface area contributed by atoms with E-state index < -0.39 is 16.0 Å². The van der Waals surface area contributed by atoms with Gasteiger partial charge in [-0.3, -0.25) is 4.55 Å². The molecule has 3 aromatic rings. The van der Waals surface area contributed by atoms with Crippen LogP contribution in [0.4, 0.5) is 0 Å². The fourth-order valence-corrected chi connectivity index (χ4v) is 6.10. The van der Waals surface area contributed by atoms with Gasteiger partial charge in [-0.2, -0.15) is 0 Å². The Morgan fingerprint density at radius 2 is 1.22 bits per heavy atom. The van der Waals surface area contributed by atoms with Crippen LogP contribution >= 0.6 is 0 Å². The van der Waals surface area contributed by atoms with Crippen molar-refractivity contribution in [3.05, 3.63) is 108 Å². The normalized spacial score (nSPS) is 23.2. The summed E-state index contributed by atoms with van der Waals surface area (Å²) in [5.74, 6) is 0. The fraction of sp³-hybridized carbons (Fsp3) is 0.379. The molecule has 3 aliphatic heterocycles. The predicted octanol–water partition coefficient (Wildman–Crippen LogP) is 4.14. The summed E-state index contributed by atoms with van der Waals surface area (Å²) >= 11 is 0. The molecule has 3 saturated heterocycles. The summed E-state index contributed by atoms with van der Waals surface area (Å²) in [5.41, 5.74) is 2.23. The molecule has 0 unspecified atom stereocenters. The van der Waals surface area contributed by atoms with Gasteiger partial charge in [0.25, 0.3) is 0 Å². The lowest BCUT2D eigenvalue weighted by Crippen LogP contribution is -2.67. The van der Waals surface area contributed by atoms with Gasteiger partial charge >= 0.3 is 0 Å². The van der Waals surface area contributed by atoms with Crippen molar-refractivity contribution in [3.8, 4) is 0 Å². The average Bonchev–Trinajstić information content (AvgIpc) is 2.92. The Morgan fingerprint density at radius 1 is 0.811 bits per heavy atom.